The fraction of sp³-hybridized carbons (Fsp3) is 0.154. The average molecular weight is 475 g/mol. The van der Waals surface area contributed by atoms with Gasteiger partial charge in [-0.1, -0.05) is 30.3 Å². The lowest BCUT2D eigenvalue weighted by Crippen LogP contribution is -2.23. The number of aryl methyl sites for hydroxylation is 2. The van der Waals surface area contributed by atoms with E-state index in [1.165, 1.54) is 6.07 Å². The molecule has 3 aromatic carbocycles. The minimum atomic E-state index is -3.87. The fourth-order valence-corrected chi connectivity index (χ4v) is 4.97. The molecule has 34 heavy (non-hydrogen) atoms. The van der Waals surface area contributed by atoms with Crippen molar-refractivity contribution in [3.63, 3.8) is 0 Å². The van der Waals surface area contributed by atoms with Crippen molar-refractivity contribution >= 4 is 21.6 Å². The minimum absolute atomic E-state index is 0.0748. The summed E-state index contributed by atoms with van der Waals surface area (Å²) in [4.78, 5) is 16.9. The highest BCUT2D eigenvalue weighted by molar-refractivity contribution is 7.92. The third kappa shape index (κ3) is 5.02. The van der Waals surface area contributed by atoms with Gasteiger partial charge in [-0.2, -0.15) is 0 Å². The molecule has 0 fully saturated rings. The second-order valence-corrected chi connectivity index (χ2v) is 9.80. The number of benzene rings is 3. The zero-order valence-electron chi connectivity index (χ0n) is 19.2. The summed E-state index contributed by atoms with van der Waals surface area (Å²) in [5.41, 5.74) is 5.10. The van der Waals surface area contributed by atoms with Gasteiger partial charge >= 0.3 is 0 Å². The number of imidazole rings is 1. The van der Waals surface area contributed by atoms with Crippen LogP contribution in [0.25, 0.3) is 5.69 Å². The molecule has 4 rings (SSSR count). The van der Waals surface area contributed by atoms with Gasteiger partial charge in [0.05, 0.1) is 16.9 Å². The average Bonchev–Trinajstić information content (AvgIpc) is 3.36. The van der Waals surface area contributed by atoms with Gasteiger partial charge in [-0.15, -0.1) is 0 Å². The molecule has 0 atom stereocenters. The standard InChI is InChI=1S/C26H26N4O3S/c1-18-5-4-6-24(20(18)3)29-34(32,33)25-15-22(10-7-19(25)2)26(31)28-16-21-8-11-23(12-9-21)30-14-13-27-17-30/h4-15,17,29H,16H2,1-3H3,(H,28,31). The van der Waals surface area contributed by atoms with Crippen LogP contribution in [-0.4, -0.2) is 23.9 Å². The van der Waals surface area contributed by atoms with E-state index in [4.69, 9.17) is 0 Å². The molecule has 0 unspecified atom stereocenters. The van der Waals surface area contributed by atoms with Crippen LogP contribution >= 0.6 is 0 Å². The summed E-state index contributed by atoms with van der Waals surface area (Å²) in [7, 11) is -3.87. The molecule has 2 N–H and O–H groups in total. The van der Waals surface area contributed by atoms with Crippen molar-refractivity contribution < 1.29 is 13.2 Å². The first-order valence-electron chi connectivity index (χ1n) is 10.8. The lowest BCUT2D eigenvalue weighted by molar-refractivity contribution is 0.0950. The number of hydrogen-bond acceptors (Lipinski definition) is 4. The highest BCUT2D eigenvalue weighted by Gasteiger charge is 2.20. The zero-order valence-corrected chi connectivity index (χ0v) is 20.1. The molecule has 0 aliphatic heterocycles. The van der Waals surface area contributed by atoms with Crippen LogP contribution in [0.5, 0.6) is 0 Å². The summed E-state index contributed by atoms with van der Waals surface area (Å²) in [5.74, 6) is -0.345. The Morgan fingerprint density at radius 2 is 1.74 bits per heavy atom. The number of anilines is 1. The van der Waals surface area contributed by atoms with Gasteiger partial charge in [0.25, 0.3) is 15.9 Å². The van der Waals surface area contributed by atoms with Gasteiger partial charge < -0.3 is 9.88 Å². The summed E-state index contributed by atoms with van der Waals surface area (Å²) < 4.78 is 30.8. The number of carbonyl (C=O) groups is 1. The predicted molar refractivity (Wildman–Crippen MR) is 133 cm³/mol. The van der Waals surface area contributed by atoms with Crippen LogP contribution in [0.2, 0.25) is 0 Å². The van der Waals surface area contributed by atoms with Crippen molar-refractivity contribution in [3.05, 3.63) is 107 Å². The van der Waals surface area contributed by atoms with Gasteiger partial charge in [0.1, 0.15) is 0 Å². The smallest absolute Gasteiger partial charge is 0.262 e. The quantitative estimate of drug-likeness (QED) is 0.412. The lowest BCUT2D eigenvalue weighted by atomic mass is 10.1. The van der Waals surface area contributed by atoms with E-state index < -0.39 is 10.0 Å². The van der Waals surface area contributed by atoms with Crippen LogP contribution < -0.4 is 10.0 Å². The number of rotatable bonds is 7. The first-order chi connectivity index (χ1) is 16.2. The van der Waals surface area contributed by atoms with Gasteiger partial charge in [-0.25, -0.2) is 13.4 Å². The summed E-state index contributed by atoms with van der Waals surface area (Å²) in [6.45, 7) is 5.82. The number of amides is 1. The van der Waals surface area contributed by atoms with Crippen LogP contribution in [0.3, 0.4) is 0 Å². The molecule has 1 aromatic heterocycles. The molecular weight excluding hydrogens is 448 g/mol. The topological polar surface area (TPSA) is 93.1 Å². The number of hydrogen-bond donors (Lipinski definition) is 2. The van der Waals surface area contributed by atoms with Crippen LogP contribution in [0.4, 0.5) is 5.69 Å². The number of nitrogens with one attached hydrogen (secondary N) is 2. The molecule has 8 heteroatoms. The zero-order chi connectivity index (χ0) is 24.3. The molecular formula is C26H26N4O3S. The van der Waals surface area contributed by atoms with E-state index in [0.717, 1.165) is 22.4 Å². The second-order valence-electron chi connectivity index (χ2n) is 8.15. The monoisotopic (exact) mass is 474 g/mol. The highest BCUT2D eigenvalue weighted by atomic mass is 32.2. The minimum Gasteiger partial charge on any atom is -0.348 e. The molecule has 0 saturated heterocycles. The van der Waals surface area contributed by atoms with Gasteiger partial charge in [-0.05, 0) is 73.4 Å². The van der Waals surface area contributed by atoms with Crippen LogP contribution in [0, 0.1) is 20.8 Å². The van der Waals surface area contributed by atoms with Crippen LogP contribution in [0.15, 0.2) is 84.3 Å². The first-order valence-corrected chi connectivity index (χ1v) is 12.3. The Morgan fingerprint density at radius 3 is 2.44 bits per heavy atom. The van der Waals surface area contributed by atoms with Crippen molar-refractivity contribution in [1.29, 1.82) is 0 Å². The largest absolute Gasteiger partial charge is 0.348 e. The Bertz CT molecular complexity index is 1430. The van der Waals surface area contributed by atoms with Crippen molar-refractivity contribution in [2.24, 2.45) is 0 Å². The molecule has 1 amide bonds. The van der Waals surface area contributed by atoms with Crippen LogP contribution in [0.1, 0.15) is 32.6 Å². The molecule has 0 radical (unpaired) electrons. The molecule has 7 nitrogen and oxygen atoms in total. The van der Waals surface area contributed by atoms with Gasteiger partial charge in [0.2, 0.25) is 0 Å². The Kier molecular flexibility index (Phi) is 6.51. The van der Waals surface area contributed by atoms with Gasteiger partial charge in [-0.3, -0.25) is 9.52 Å². The van der Waals surface area contributed by atoms with Crippen molar-refractivity contribution in [2.45, 2.75) is 32.2 Å². The van der Waals surface area contributed by atoms with E-state index in [-0.39, 0.29) is 16.4 Å². The fourth-order valence-electron chi connectivity index (χ4n) is 3.57. The maximum absolute atomic E-state index is 13.1. The van der Waals surface area contributed by atoms with E-state index in [9.17, 15) is 13.2 Å². The van der Waals surface area contributed by atoms with E-state index >= 15 is 0 Å². The Morgan fingerprint density at radius 1 is 0.971 bits per heavy atom. The second kappa shape index (κ2) is 9.52. The number of carbonyl (C=O) groups excluding carboxylic acids is 1. The summed E-state index contributed by atoms with van der Waals surface area (Å²) in [5, 5.41) is 2.86. The Labute approximate surface area is 199 Å². The summed E-state index contributed by atoms with van der Waals surface area (Å²) in [6.07, 6.45) is 5.28. The first kappa shape index (κ1) is 23.3. The molecule has 0 aliphatic carbocycles. The Balaban J connectivity index is 1.48. The Hall–Kier alpha value is -3.91. The van der Waals surface area contributed by atoms with Crippen LogP contribution in [-0.2, 0) is 16.6 Å². The third-order valence-corrected chi connectivity index (χ3v) is 7.29. The molecule has 0 bridgehead atoms. The lowest BCUT2D eigenvalue weighted by Gasteiger charge is -2.14. The molecule has 1 heterocycles. The van der Waals surface area contributed by atoms with E-state index in [2.05, 4.69) is 15.0 Å². The maximum Gasteiger partial charge on any atom is 0.262 e. The van der Waals surface area contributed by atoms with E-state index in [0.29, 0.717) is 17.8 Å². The van der Waals surface area contributed by atoms with Gasteiger partial charge in [0, 0.05) is 30.2 Å². The molecule has 174 valence electrons. The van der Waals surface area contributed by atoms with Crippen molar-refractivity contribution in [1.82, 2.24) is 14.9 Å². The highest BCUT2D eigenvalue weighted by Crippen LogP contribution is 2.24. The summed E-state index contributed by atoms with van der Waals surface area (Å²) >= 11 is 0. The number of nitrogens with zero attached hydrogens (tertiary/aromatic N) is 2. The van der Waals surface area contributed by atoms with Crippen molar-refractivity contribution in [3.8, 4) is 5.69 Å². The van der Waals surface area contributed by atoms with E-state index in [1.807, 2.05) is 54.9 Å². The molecule has 0 spiro atoms. The molecule has 0 aliphatic rings. The van der Waals surface area contributed by atoms with Crippen molar-refractivity contribution in [2.75, 3.05) is 4.72 Å². The summed E-state index contributed by atoms with van der Waals surface area (Å²) in [6, 6.07) is 17.9. The SMILES string of the molecule is Cc1ccc(C(=O)NCc2ccc(-n3ccnc3)cc2)cc1S(=O)(=O)Nc1cccc(C)c1C. The normalized spacial score (nSPS) is 11.3. The predicted octanol–water partition coefficient (Wildman–Crippen LogP) is 4.53. The van der Waals surface area contributed by atoms with E-state index in [1.54, 1.807) is 43.7 Å². The molecule has 4 aromatic rings. The maximum atomic E-state index is 13.1. The number of sulfonamides is 1. The number of aromatic nitrogens is 2. The van der Waals surface area contributed by atoms with Gasteiger partial charge in [0.15, 0.2) is 0 Å². The molecule has 0 saturated carbocycles. The third-order valence-electron chi connectivity index (χ3n) is 5.78.